The highest BCUT2D eigenvalue weighted by molar-refractivity contribution is 7.95. The fourth-order valence-corrected chi connectivity index (χ4v) is 6.31. The van der Waals surface area contributed by atoms with Crippen molar-refractivity contribution in [2.24, 2.45) is 15.1 Å². The predicted octanol–water partition coefficient (Wildman–Crippen LogP) is 5.62. The van der Waals surface area contributed by atoms with Gasteiger partial charge in [-0.15, -0.1) is 0 Å². The second kappa shape index (κ2) is 11.7. The molecule has 1 aliphatic rings. The summed E-state index contributed by atoms with van der Waals surface area (Å²) in [6, 6.07) is 5.52. The van der Waals surface area contributed by atoms with Crippen molar-refractivity contribution in [1.82, 2.24) is 15.1 Å². The molecule has 0 amide bonds. The average Bonchev–Trinajstić information content (AvgIpc) is 3.37. The lowest BCUT2D eigenvalue weighted by Crippen LogP contribution is -2.55. The van der Waals surface area contributed by atoms with E-state index in [4.69, 9.17) is 31.8 Å². The zero-order chi connectivity index (χ0) is 32.6. The molecule has 4 rings (SSSR count). The van der Waals surface area contributed by atoms with Crippen LogP contribution in [0, 0.1) is 5.82 Å². The summed E-state index contributed by atoms with van der Waals surface area (Å²) in [6.07, 6.45) is -6.96. The molecule has 10 nitrogen and oxygen atoms in total. The maximum atomic E-state index is 15.1. The molecule has 3 aromatic rings. The number of carbonyl (C=O) groups is 1. The van der Waals surface area contributed by atoms with E-state index in [1.807, 2.05) is 0 Å². The van der Waals surface area contributed by atoms with Gasteiger partial charge in [-0.1, -0.05) is 16.8 Å². The highest BCUT2D eigenvalue weighted by Gasteiger charge is 2.48. The highest BCUT2D eigenvalue weighted by Crippen LogP contribution is 2.40. The van der Waals surface area contributed by atoms with Crippen molar-refractivity contribution in [1.29, 1.82) is 0 Å². The average molecular weight is 659 g/mol. The Hall–Kier alpha value is -3.80. The fraction of sp³-hybridized carbons (Fsp3) is 0.375. The van der Waals surface area contributed by atoms with Crippen LogP contribution in [0.5, 0.6) is 0 Å². The van der Waals surface area contributed by atoms with Gasteiger partial charge in [0.2, 0.25) is 0 Å². The lowest BCUT2D eigenvalue weighted by Gasteiger charge is -2.40. The first-order chi connectivity index (χ1) is 19.6. The van der Waals surface area contributed by atoms with Crippen molar-refractivity contribution in [3.05, 3.63) is 53.1 Å². The van der Waals surface area contributed by atoms with Gasteiger partial charge in [0.1, 0.15) is 28.5 Å². The molecule has 3 N–H and O–H groups in total. The van der Waals surface area contributed by atoms with E-state index in [-0.39, 0.29) is 23.0 Å². The number of hydrogen-bond acceptors (Lipinski definition) is 9. The number of halogens is 8. The summed E-state index contributed by atoms with van der Waals surface area (Å²) in [5, 5.41) is 11.4. The van der Waals surface area contributed by atoms with Gasteiger partial charge in [-0.25, -0.2) is 27.7 Å². The van der Waals surface area contributed by atoms with Crippen LogP contribution in [0.15, 0.2) is 50.5 Å². The zero-order valence-electron chi connectivity index (χ0n) is 22.3. The normalized spacial score (nSPS) is 21.8. The minimum atomic E-state index is -5.08. The monoisotopic (exact) mass is 658 g/mol. The molecule has 0 bridgehead atoms. The first-order valence-electron chi connectivity index (χ1n) is 11.8. The third-order valence-corrected chi connectivity index (χ3v) is 9.64. The molecule has 0 spiro atoms. The first kappa shape index (κ1) is 33.7. The van der Waals surface area contributed by atoms with Crippen molar-refractivity contribution in [3.8, 4) is 22.8 Å². The van der Waals surface area contributed by atoms with Gasteiger partial charge in [0.25, 0.3) is 0 Å². The molecule has 1 aliphatic heterocycles. The van der Waals surface area contributed by atoms with Crippen LogP contribution in [0.4, 0.5) is 30.7 Å². The molecule has 0 saturated carbocycles. The quantitative estimate of drug-likeness (QED) is 0.342. The number of aliphatic carboxylic acids is 1. The van der Waals surface area contributed by atoms with Crippen molar-refractivity contribution in [2.75, 3.05) is 12.3 Å². The lowest BCUT2D eigenvalue weighted by molar-refractivity contribution is -0.192. The molecule has 1 unspecified atom stereocenters. The summed E-state index contributed by atoms with van der Waals surface area (Å²) < 4.78 is 107. The van der Waals surface area contributed by atoms with Gasteiger partial charge in [-0.2, -0.15) is 26.3 Å². The molecule has 0 fully saturated rings. The minimum absolute atomic E-state index is 0.0333. The SMILES string of the molecule is CC1(C)C(N)=N[C@](C)(c2cc(-c3cc(-c4ncc(Cl)cn4)no3)ccc2F)CS1(=O)=NCC(F)(F)F.O=C(O)C(F)(F)F. The van der Waals surface area contributed by atoms with Gasteiger partial charge in [0.15, 0.2) is 17.3 Å². The Labute approximate surface area is 244 Å². The Morgan fingerprint density at radius 2 is 1.72 bits per heavy atom. The van der Waals surface area contributed by atoms with Crippen LogP contribution in [-0.4, -0.2) is 65.6 Å². The van der Waals surface area contributed by atoms with Crippen molar-refractivity contribution < 1.29 is 49.4 Å². The van der Waals surface area contributed by atoms with E-state index in [0.29, 0.717) is 16.3 Å². The number of nitrogens with zero attached hydrogens (tertiary/aromatic N) is 5. The maximum absolute atomic E-state index is 15.1. The summed E-state index contributed by atoms with van der Waals surface area (Å²) in [4.78, 5) is 21.4. The summed E-state index contributed by atoms with van der Waals surface area (Å²) in [5.41, 5.74) is 5.17. The van der Waals surface area contributed by atoms with E-state index in [9.17, 15) is 30.6 Å². The molecule has 3 heterocycles. The van der Waals surface area contributed by atoms with Crippen LogP contribution < -0.4 is 5.73 Å². The van der Waals surface area contributed by atoms with Gasteiger partial charge < -0.3 is 15.4 Å². The Kier molecular flexibility index (Phi) is 9.17. The fourth-order valence-electron chi connectivity index (χ4n) is 3.73. The van der Waals surface area contributed by atoms with E-state index >= 15 is 4.39 Å². The molecule has 0 radical (unpaired) electrons. The van der Waals surface area contributed by atoms with E-state index in [1.165, 1.54) is 51.4 Å². The van der Waals surface area contributed by atoms with E-state index in [2.05, 4.69) is 24.5 Å². The number of rotatable bonds is 4. The Morgan fingerprint density at radius 3 is 2.26 bits per heavy atom. The van der Waals surface area contributed by atoms with Gasteiger partial charge in [-0.05, 0) is 39.0 Å². The molecule has 19 heteroatoms. The molecule has 43 heavy (non-hydrogen) atoms. The number of aliphatic imine (C=N–C) groups is 1. The number of amidine groups is 1. The number of hydrogen-bond donors (Lipinski definition) is 2. The third kappa shape index (κ3) is 7.59. The van der Waals surface area contributed by atoms with Crippen LogP contribution in [0.3, 0.4) is 0 Å². The minimum Gasteiger partial charge on any atom is -0.475 e. The second-order valence-electron chi connectivity index (χ2n) is 9.77. The predicted molar refractivity (Wildman–Crippen MR) is 141 cm³/mol. The van der Waals surface area contributed by atoms with Crippen LogP contribution in [0.1, 0.15) is 26.3 Å². The van der Waals surface area contributed by atoms with Crippen LogP contribution in [0.25, 0.3) is 22.8 Å². The molecule has 2 atom stereocenters. The second-order valence-corrected chi connectivity index (χ2v) is 13.1. The third-order valence-electron chi connectivity index (χ3n) is 6.14. The van der Waals surface area contributed by atoms with Gasteiger partial charge in [0.05, 0.1) is 20.5 Å². The summed E-state index contributed by atoms with van der Waals surface area (Å²) in [6.45, 7) is 2.66. The molecule has 1 aromatic carbocycles. The summed E-state index contributed by atoms with van der Waals surface area (Å²) >= 11 is 5.80. The summed E-state index contributed by atoms with van der Waals surface area (Å²) in [5.74, 6) is -3.63. The number of carboxylic acid groups (broad SMARTS) is 1. The first-order valence-corrected chi connectivity index (χ1v) is 13.8. The summed E-state index contributed by atoms with van der Waals surface area (Å²) in [7, 11) is -3.62. The van der Waals surface area contributed by atoms with Crippen LogP contribution in [0.2, 0.25) is 5.02 Å². The van der Waals surface area contributed by atoms with Crippen molar-refractivity contribution in [3.63, 3.8) is 0 Å². The van der Waals surface area contributed by atoms with Crippen molar-refractivity contribution in [2.45, 2.75) is 43.4 Å². The molecule has 2 aromatic heterocycles. The molecular formula is C24H22ClF7N6O4S. The van der Waals surface area contributed by atoms with E-state index < -0.39 is 56.5 Å². The van der Waals surface area contributed by atoms with Gasteiger partial charge >= 0.3 is 18.3 Å². The van der Waals surface area contributed by atoms with Crippen LogP contribution >= 0.6 is 11.6 Å². The van der Waals surface area contributed by atoms with Gasteiger partial charge in [-0.3, -0.25) is 4.99 Å². The molecule has 0 aliphatic carbocycles. The number of benzene rings is 1. The molecule has 0 saturated heterocycles. The Bertz CT molecular complexity index is 1670. The maximum Gasteiger partial charge on any atom is 0.490 e. The topological polar surface area (TPSA) is 157 Å². The zero-order valence-corrected chi connectivity index (χ0v) is 23.9. The number of aromatic nitrogens is 3. The standard InChI is InChI=1S/C22H21ClF4N6O2S.C2HF3O2/c1-20(2)19(28)32-21(3,11-36(20,34)31-10-22(25,26)27)14-6-12(4-5-15(14)24)17-7-16(33-35-17)18-29-8-13(23)9-30-18;3-2(4,5)1(6)7/h4-9H,10-11H2,1-3H3,(H2,28,32);(H,6,7)/t21-,36?;/m0./s1. The Morgan fingerprint density at radius 1 is 1.14 bits per heavy atom. The molecular weight excluding hydrogens is 637 g/mol. The van der Waals surface area contributed by atoms with Crippen molar-refractivity contribution >= 4 is 33.1 Å². The van der Waals surface area contributed by atoms with Crippen LogP contribution in [-0.2, 0) is 20.1 Å². The van der Waals surface area contributed by atoms with Gasteiger partial charge in [0, 0.05) is 29.6 Å². The smallest absolute Gasteiger partial charge is 0.475 e. The highest BCUT2D eigenvalue weighted by atomic mass is 35.5. The van der Waals surface area contributed by atoms with E-state index in [1.54, 1.807) is 0 Å². The largest absolute Gasteiger partial charge is 0.490 e. The molecule has 234 valence electrons. The number of nitrogens with two attached hydrogens (primary N) is 1. The Balaban J connectivity index is 0.000000646. The lowest BCUT2D eigenvalue weighted by atomic mass is 9.91. The number of carboxylic acids is 1. The van der Waals surface area contributed by atoms with E-state index in [0.717, 1.165) is 6.07 Å². The number of alkyl halides is 6.